The van der Waals surface area contributed by atoms with Gasteiger partial charge in [-0.25, -0.2) is 0 Å². The van der Waals surface area contributed by atoms with Gasteiger partial charge in [-0.15, -0.1) is 0 Å². The Balaban J connectivity index is 1.84. The van der Waals surface area contributed by atoms with Gasteiger partial charge in [-0.1, -0.05) is 28.8 Å². The minimum Gasteiger partial charge on any atom is -0.378 e. The van der Waals surface area contributed by atoms with E-state index in [9.17, 15) is 4.79 Å². The zero-order chi connectivity index (χ0) is 12.3. The number of ether oxygens (including phenoxy) is 1. The Hall–Kier alpha value is -0.0900. The second-order valence-corrected chi connectivity index (χ2v) is 6.04. The fourth-order valence-corrected chi connectivity index (χ4v) is 3.66. The van der Waals surface area contributed by atoms with Crippen LogP contribution in [0.3, 0.4) is 0 Å². The minimum atomic E-state index is 0.0721. The molecule has 1 aliphatic heterocycles. The first-order chi connectivity index (χ1) is 8.20. The number of rotatable bonds is 3. The third-order valence-corrected chi connectivity index (χ3v) is 4.84. The molecule has 2 rings (SSSR count). The molecule has 0 aromatic rings. The second kappa shape index (κ2) is 6.19. The van der Waals surface area contributed by atoms with Crippen LogP contribution in [0.2, 0.25) is 0 Å². The van der Waals surface area contributed by atoms with E-state index in [-0.39, 0.29) is 17.9 Å². The molecule has 0 radical (unpaired) electrons. The van der Waals surface area contributed by atoms with Crippen molar-refractivity contribution >= 4 is 21.8 Å². The fourth-order valence-electron chi connectivity index (χ4n) is 2.88. The predicted octanol–water partition coefficient (Wildman–Crippen LogP) is 2.48. The van der Waals surface area contributed by atoms with Crippen molar-refractivity contribution in [3.05, 3.63) is 0 Å². The number of nitrogens with one attached hydrogen (secondary N) is 1. The lowest BCUT2D eigenvalue weighted by Gasteiger charge is -2.31. The molecule has 17 heavy (non-hydrogen) atoms. The molecule has 1 amide bonds. The van der Waals surface area contributed by atoms with Crippen LogP contribution in [-0.2, 0) is 9.53 Å². The van der Waals surface area contributed by atoms with E-state index in [1.807, 2.05) is 6.92 Å². The largest absolute Gasteiger partial charge is 0.378 e. The summed E-state index contributed by atoms with van der Waals surface area (Å²) >= 11 is 3.56. The van der Waals surface area contributed by atoms with Crippen LogP contribution in [-0.4, -0.2) is 30.0 Å². The van der Waals surface area contributed by atoms with Gasteiger partial charge in [0.05, 0.1) is 18.6 Å². The van der Waals surface area contributed by atoms with Crippen LogP contribution in [0.5, 0.6) is 0 Å². The highest BCUT2D eigenvalue weighted by Crippen LogP contribution is 2.27. The Morgan fingerprint density at radius 2 is 2.18 bits per heavy atom. The van der Waals surface area contributed by atoms with Gasteiger partial charge in [0.25, 0.3) is 0 Å². The summed E-state index contributed by atoms with van der Waals surface area (Å²) in [6.45, 7) is 2.63. The summed E-state index contributed by atoms with van der Waals surface area (Å²) in [6.07, 6.45) is 6.01. The van der Waals surface area contributed by atoms with E-state index in [1.165, 1.54) is 19.3 Å². The average Bonchev–Trinajstić information content (AvgIpc) is 2.77. The summed E-state index contributed by atoms with van der Waals surface area (Å²) in [5.74, 6) is 0.877. The molecule has 0 spiro atoms. The molecule has 4 unspecified atom stereocenters. The Morgan fingerprint density at radius 3 is 2.82 bits per heavy atom. The first kappa shape index (κ1) is 13.3. The van der Waals surface area contributed by atoms with Gasteiger partial charge in [-0.05, 0) is 32.1 Å². The maximum atomic E-state index is 12.1. The molecule has 1 saturated carbocycles. The normalized spacial score (nSPS) is 38.0. The Morgan fingerprint density at radius 1 is 1.41 bits per heavy atom. The topological polar surface area (TPSA) is 38.3 Å². The van der Waals surface area contributed by atoms with Crippen LogP contribution < -0.4 is 5.32 Å². The van der Waals surface area contributed by atoms with E-state index in [0.717, 1.165) is 18.2 Å². The van der Waals surface area contributed by atoms with Crippen molar-refractivity contribution in [2.45, 2.75) is 51.2 Å². The molecule has 98 valence electrons. The monoisotopic (exact) mass is 303 g/mol. The third kappa shape index (κ3) is 3.44. The smallest absolute Gasteiger partial charge is 0.225 e. The van der Waals surface area contributed by atoms with Crippen LogP contribution in [0, 0.1) is 11.8 Å². The lowest BCUT2D eigenvalue weighted by atomic mass is 9.85. The molecule has 4 atom stereocenters. The van der Waals surface area contributed by atoms with E-state index in [0.29, 0.717) is 18.6 Å². The molecule has 1 aliphatic carbocycles. The number of hydrogen-bond acceptors (Lipinski definition) is 2. The van der Waals surface area contributed by atoms with Crippen molar-refractivity contribution < 1.29 is 9.53 Å². The van der Waals surface area contributed by atoms with Crippen LogP contribution in [0.1, 0.15) is 39.0 Å². The summed E-state index contributed by atoms with van der Waals surface area (Å²) < 4.78 is 5.46. The molecule has 0 bridgehead atoms. The summed E-state index contributed by atoms with van der Waals surface area (Å²) in [4.78, 5) is 12.1. The first-order valence-electron chi connectivity index (χ1n) is 6.68. The minimum absolute atomic E-state index is 0.0721. The van der Waals surface area contributed by atoms with Crippen molar-refractivity contribution in [3.8, 4) is 0 Å². The Labute approximate surface area is 112 Å². The zero-order valence-corrected chi connectivity index (χ0v) is 12.0. The van der Waals surface area contributed by atoms with Crippen molar-refractivity contribution in [2.75, 3.05) is 11.9 Å². The molecule has 0 aromatic carbocycles. The predicted molar refractivity (Wildman–Crippen MR) is 71.2 cm³/mol. The summed E-state index contributed by atoms with van der Waals surface area (Å²) in [7, 11) is 0. The van der Waals surface area contributed by atoms with Gasteiger partial charge in [0.15, 0.2) is 0 Å². The highest BCUT2D eigenvalue weighted by atomic mass is 79.9. The molecule has 1 saturated heterocycles. The quantitative estimate of drug-likeness (QED) is 0.814. The number of hydrogen-bond donors (Lipinski definition) is 1. The highest BCUT2D eigenvalue weighted by molar-refractivity contribution is 9.09. The van der Waals surface area contributed by atoms with E-state index in [2.05, 4.69) is 21.2 Å². The van der Waals surface area contributed by atoms with Gasteiger partial charge in [-0.2, -0.15) is 0 Å². The van der Waals surface area contributed by atoms with Gasteiger partial charge in [0.1, 0.15) is 0 Å². The molecular formula is C13H22BrNO2. The summed E-state index contributed by atoms with van der Waals surface area (Å²) in [5.41, 5.74) is 0. The molecule has 2 aliphatic rings. The van der Waals surface area contributed by atoms with Crippen LogP contribution in [0.15, 0.2) is 0 Å². The van der Waals surface area contributed by atoms with Crippen molar-refractivity contribution in [2.24, 2.45) is 11.8 Å². The van der Waals surface area contributed by atoms with Crippen molar-refractivity contribution in [1.82, 2.24) is 5.32 Å². The number of carbonyl (C=O) groups is 1. The van der Waals surface area contributed by atoms with Gasteiger partial charge < -0.3 is 10.1 Å². The summed E-state index contributed by atoms with van der Waals surface area (Å²) in [6, 6.07) is 0.367. The zero-order valence-electron chi connectivity index (χ0n) is 10.5. The van der Waals surface area contributed by atoms with Crippen molar-refractivity contribution in [1.29, 1.82) is 0 Å². The van der Waals surface area contributed by atoms with E-state index in [1.54, 1.807) is 0 Å². The molecule has 1 N–H and O–H groups in total. The molecule has 3 nitrogen and oxygen atoms in total. The van der Waals surface area contributed by atoms with Gasteiger partial charge in [0, 0.05) is 11.4 Å². The molecule has 4 heteroatoms. The first-order valence-corrected chi connectivity index (χ1v) is 7.80. The molecular weight excluding hydrogens is 282 g/mol. The standard InChI is InChI=1S/C13H22BrNO2/c1-9-6-11(8-17-9)13(16)15-12-5-3-2-4-10(12)7-14/h9-12H,2-8H2,1H3,(H,15,16). The number of amides is 1. The SMILES string of the molecule is CC1CC(C(=O)NC2CCCCC2CBr)CO1. The summed E-state index contributed by atoms with van der Waals surface area (Å²) in [5, 5.41) is 4.23. The van der Waals surface area contributed by atoms with Crippen molar-refractivity contribution in [3.63, 3.8) is 0 Å². The number of carbonyl (C=O) groups excluding carboxylic acids is 1. The molecule has 2 fully saturated rings. The molecule has 1 heterocycles. The number of halogens is 1. The third-order valence-electron chi connectivity index (χ3n) is 4.00. The fraction of sp³-hybridized carbons (Fsp3) is 0.923. The van der Waals surface area contributed by atoms with Crippen LogP contribution in [0.4, 0.5) is 0 Å². The van der Waals surface area contributed by atoms with Crippen LogP contribution >= 0.6 is 15.9 Å². The highest BCUT2D eigenvalue weighted by Gasteiger charge is 2.32. The second-order valence-electron chi connectivity index (χ2n) is 5.39. The van der Waals surface area contributed by atoms with E-state index < -0.39 is 0 Å². The van der Waals surface area contributed by atoms with Gasteiger partial charge in [-0.3, -0.25) is 4.79 Å². The molecule has 0 aromatic heterocycles. The lowest BCUT2D eigenvalue weighted by molar-refractivity contribution is -0.126. The van der Waals surface area contributed by atoms with Gasteiger partial charge >= 0.3 is 0 Å². The average molecular weight is 304 g/mol. The van der Waals surface area contributed by atoms with Gasteiger partial charge in [0.2, 0.25) is 5.91 Å². The Kier molecular flexibility index (Phi) is 4.86. The lowest BCUT2D eigenvalue weighted by Crippen LogP contribution is -2.45. The van der Waals surface area contributed by atoms with E-state index >= 15 is 0 Å². The van der Waals surface area contributed by atoms with Crippen LogP contribution in [0.25, 0.3) is 0 Å². The maximum Gasteiger partial charge on any atom is 0.225 e. The Bertz CT molecular complexity index is 272. The number of alkyl halides is 1. The van der Waals surface area contributed by atoms with E-state index in [4.69, 9.17) is 4.74 Å². The maximum absolute atomic E-state index is 12.1.